The second-order valence-electron chi connectivity index (χ2n) is 9.04. The molecule has 2 N–H and O–H groups in total. The monoisotopic (exact) mass is 387 g/mol. The van der Waals surface area contributed by atoms with Gasteiger partial charge in [0.15, 0.2) is 0 Å². The number of carbonyl (C=O) groups is 1. The minimum atomic E-state index is -3.35. The first-order valence-electron chi connectivity index (χ1n) is 10.00. The summed E-state index contributed by atoms with van der Waals surface area (Å²) >= 11 is 0. The topological polar surface area (TPSA) is 78.5 Å². The van der Waals surface area contributed by atoms with Gasteiger partial charge in [0.05, 0.1) is 17.3 Å². The van der Waals surface area contributed by atoms with Crippen LogP contribution in [0.25, 0.3) is 0 Å². The molecule has 0 bridgehead atoms. The summed E-state index contributed by atoms with van der Waals surface area (Å²) in [6.07, 6.45) is 5.76. The molecule has 6 nitrogen and oxygen atoms in total. The zero-order chi connectivity index (χ0) is 18.5. The molecule has 4 fully saturated rings. The highest BCUT2D eigenvalue weighted by atomic mass is 32.2. The van der Waals surface area contributed by atoms with Crippen LogP contribution in [0.3, 0.4) is 0 Å². The summed E-state index contributed by atoms with van der Waals surface area (Å²) in [5.74, 6) is 0.365. The summed E-state index contributed by atoms with van der Waals surface area (Å²) in [7, 11) is -3.35. The molecule has 26 heavy (non-hydrogen) atoms. The number of nitrogens with zero attached hydrogens (tertiary/aromatic N) is 1. The number of carbonyl (C=O) groups excluding carboxylic acids is 1. The van der Waals surface area contributed by atoms with E-state index in [-0.39, 0.29) is 23.7 Å². The fourth-order valence-corrected chi connectivity index (χ4v) is 6.80. The molecule has 148 valence electrons. The fraction of sp³-hybridized carbons (Fsp3) is 0.944. The normalized spacial score (nSPS) is 39.4. The number of halogens is 1. The number of fused-ring (bicyclic) bond motifs is 1. The molecule has 1 saturated heterocycles. The minimum absolute atomic E-state index is 0.0774. The van der Waals surface area contributed by atoms with E-state index in [1.807, 2.05) is 11.8 Å². The lowest BCUT2D eigenvalue weighted by Crippen LogP contribution is -2.49. The first-order valence-corrected chi connectivity index (χ1v) is 11.5. The van der Waals surface area contributed by atoms with Gasteiger partial charge in [0.2, 0.25) is 10.0 Å². The second-order valence-corrected chi connectivity index (χ2v) is 11.0. The Morgan fingerprint density at radius 1 is 1.19 bits per heavy atom. The highest BCUT2D eigenvalue weighted by Gasteiger charge is 2.49. The molecule has 4 rings (SSSR count). The van der Waals surface area contributed by atoms with Crippen LogP contribution in [0.15, 0.2) is 0 Å². The van der Waals surface area contributed by atoms with E-state index >= 15 is 0 Å². The van der Waals surface area contributed by atoms with Gasteiger partial charge in [0.25, 0.3) is 0 Å². The molecule has 0 aromatic heterocycles. The van der Waals surface area contributed by atoms with Crippen molar-refractivity contribution in [1.82, 2.24) is 14.9 Å². The smallest absolute Gasteiger partial charge is 0.318 e. The van der Waals surface area contributed by atoms with Gasteiger partial charge in [-0.05, 0) is 70.6 Å². The van der Waals surface area contributed by atoms with Crippen LogP contribution in [0.1, 0.15) is 64.7 Å². The maximum Gasteiger partial charge on any atom is 0.318 e. The van der Waals surface area contributed by atoms with Crippen LogP contribution in [0.2, 0.25) is 0 Å². The predicted molar refractivity (Wildman–Crippen MR) is 97.0 cm³/mol. The Morgan fingerprint density at radius 3 is 2.54 bits per heavy atom. The molecule has 3 saturated carbocycles. The SMILES string of the molecule is CC1(NS(=O)(=O)C2CCC3C(C2)NC(=O)N3CC2CCC(F)CC2)CC1. The number of amides is 2. The van der Waals surface area contributed by atoms with Gasteiger partial charge in [-0.1, -0.05) is 0 Å². The van der Waals surface area contributed by atoms with Crippen molar-refractivity contribution in [1.29, 1.82) is 0 Å². The van der Waals surface area contributed by atoms with Gasteiger partial charge in [-0.15, -0.1) is 0 Å². The first kappa shape index (κ1) is 18.5. The molecule has 4 aliphatic rings. The molecule has 1 aliphatic heterocycles. The van der Waals surface area contributed by atoms with Crippen LogP contribution in [-0.2, 0) is 10.0 Å². The maximum atomic E-state index is 13.3. The minimum Gasteiger partial charge on any atom is -0.333 e. The summed E-state index contributed by atoms with van der Waals surface area (Å²) < 4.78 is 41.5. The van der Waals surface area contributed by atoms with Gasteiger partial charge >= 0.3 is 6.03 Å². The average molecular weight is 388 g/mol. The quantitative estimate of drug-likeness (QED) is 0.760. The van der Waals surface area contributed by atoms with E-state index in [0.717, 1.165) is 25.7 Å². The Kier molecular flexibility index (Phi) is 4.70. The van der Waals surface area contributed by atoms with Crippen LogP contribution in [0.5, 0.6) is 0 Å². The van der Waals surface area contributed by atoms with E-state index in [4.69, 9.17) is 0 Å². The third-order valence-electron chi connectivity index (χ3n) is 6.79. The molecule has 3 atom stereocenters. The predicted octanol–water partition coefficient (Wildman–Crippen LogP) is 2.30. The highest BCUT2D eigenvalue weighted by Crippen LogP contribution is 2.38. The van der Waals surface area contributed by atoms with Crippen molar-refractivity contribution in [3.8, 4) is 0 Å². The average Bonchev–Trinajstić information content (AvgIpc) is 3.21. The molecule has 3 unspecified atom stereocenters. The number of nitrogens with one attached hydrogen (secondary N) is 2. The van der Waals surface area contributed by atoms with E-state index in [9.17, 15) is 17.6 Å². The van der Waals surface area contributed by atoms with E-state index < -0.39 is 21.4 Å². The van der Waals surface area contributed by atoms with Crippen molar-refractivity contribution in [2.45, 2.75) is 93.8 Å². The van der Waals surface area contributed by atoms with Crippen LogP contribution >= 0.6 is 0 Å². The third-order valence-corrected chi connectivity index (χ3v) is 8.88. The van der Waals surface area contributed by atoms with Crippen molar-refractivity contribution < 1.29 is 17.6 Å². The molecule has 0 aromatic rings. The Morgan fingerprint density at radius 2 is 1.88 bits per heavy atom. The Bertz CT molecular complexity index is 659. The van der Waals surface area contributed by atoms with Gasteiger partial charge < -0.3 is 10.2 Å². The van der Waals surface area contributed by atoms with E-state index in [0.29, 0.717) is 44.6 Å². The fourth-order valence-electron chi connectivity index (χ4n) is 4.84. The molecule has 0 spiro atoms. The van der Waals surface area contributed by atoms with Crippen molar-refractivity contribution in [2.75, 3.05) is 6.54 Å². The number of alkyl halides is 1. The molecule has 0 radical (unpaired) electrons. The Labute approximate surface area is 155 Å². The zero-order valence-electron chi connectivity index (χ0n) is 15.4. The van der Waals surface area contributed by atoms with Gasteiger partial charge in [-0.25, -0.2) is 22.3 Å². The summed E-state index contributed by atoms with van der Waals surface area (Å²) in [5.41, 5.74) is -0.254. The molecular weight excluding hydrogens is 357 g/mol. The second kappa shape index (κ2) is 6.62. The number of rotatable bonds is 5. The van der Waals surface area contributed by atoms with Crippen LogP contribution in [0, 0.1) is 5.92 Å². The van der Waals surface area contributed by atoms with Gasteiger partial charge in [0.1, 0.15) is 6.17 Å². The van der Waals surface area contributed by atoms with Crippen molar-refractivity contribution in [2.24, 2.45) is 5.92 Å². The number of hydrogen-bond acceptors (Lipinski definition) is 3. The summed E-state index contributed by atoms with van der Waals surface area (Å²) in [6, 6.07) is -0.0987. The molecule has 2 amide bonds. The van der Waals surface area contributed by atoms with E-state index in [2.05, 4.69) is 10.0 Å². The lowest BCUT2D eigenvalue weighted by molar-refractivity contribution is 0.143. The maximum absolute atomic E-state index is 13.3. The van der Waals surface area contributed by atoms with Gasteiger partial charge in [-0.3, -0.25) is 0 Å². The standard InChI is InChI=1S/C18H30FN3O3S/c1-18(8-9-18)21-26(24,25)14-6-7-16-15(10-14)20-17(23)22(16)11-12-2-4-13(19)5-3-12/h12-16,21H,2-11H2,1H3,(H,20,23). The van der Waals surface area contributed by atoms with Crippen LogP contribution in [0.4, 0.5) is 9.18 Å². The van der Waals surface area contributed by atoms with Crippen molar-refractivity contribution in [3.63, 3.8) is 0 Å². The van der Waals surface area contributed by atoms with Crippen LogP contribution in [-0.4, -0.2) is 54.9 Å². The Hall–Kier alpha value is -0.890. The van der Waals surface area contributed by atoms with E-state index in [1.54, 1.807) is 0 Å². The number of sulfonamides is 1. The van der Waals surface area contributed by atoms with Gasteiger partial charge in [-0.2, -0.15) is 0 Å². The summed E-state index contributed by atoms with van der Waals surface area (Å²) in [5, 5.41) is 2.58. The molecule has 0 aromatic carbocycles. The molecular formula is C18H30FN3O3S. The van der Waals surface area contributed by atoms with Gasteiger partial charge in [0, 0.05) is 12.1 Å². The lowest BCUT2D eigenvalue weighted by Gasteiger charge is -2.36. The highest BCUT2D eigenvalue weighted by molar-refractivity contribution is 7.90. The zero-order valence-corrected chi connectivity index (χ0v) is 16.2. The molecule has 1 heterocycles. The first-order chi connectivity index (χ1) is 12.3. The molecule has 8 heteroatoms. The lowest BCUT2D eigenvalue weighted by atomic mass is 9.86. The largest absolute Gasteiger partial charge is 0.333 e. The number of hydrogen-bond donors (Lipinski definition) is 2. The van der Waals surface area contributed by atoms with Crippen molar-refractivity contribution >= 4 is 16.1 Å². The third kappa shape index (κ3) is 3.72. The summed E-state index contributed by atoms with van der Waals surface area (Å²) in [6.45, 7) is 2.62. The van der Waals surface area contributed by atoms with Crippen molar-refractivity contribution in [3.05, 3.63) is 0 Å². The Balaban J connectivity index is 1.37. The number of urea groups is 1. The van der Waals surface area contributed by atoms with E-state index in [1.165, 1.54) is 0 Å². The summed E-state index contributed by atoms with van der Waals surface area (Å²) in [4.78, 5) is 14.3. The van der Waals surface area contributed by atoms with Crippen LogP contribution < -0.4 is 10.0 Å². The molecule has 3 aliphatic carbocycles.